The molecule has 1 aromatic rings. The van der Waals surface area contributed by atoms with E-state index >= 15 is 0 Å². The van der Waals surface area contributed by atoms with E-state index in [1.165, 1.54) is 0 Å². The first kappa shape index (κ1) is 16.0. The van der Waals surface area contributed by atoms with Gasteiger partial charge >= 0.3 is 0 Å². The van der Waals surface area contributed by atoms with Crippen molar-refractivity contribution in [3.63, 3.8) is 0 Å². The van der Waals surface area contributed by atoms with Crippen LogP contribution in [0, 0.1) is 0 Å². The van der Waals surface area contributed by atoms with E-state index in [9.17, 15) is 4.79 Å². The van der Waals surface area contributed by atoms with E-state index in [1.54, 1.807) is 6.20 Å². The Bertz CT molecular complexity index is 494. The van der Waals surface area contributed by atoms with Gasteiger partial charge in [-0.1, -0.05) is 13.8 Å². The van der Waals surface area contributed by atoms with E-state index in [0.29, 0.717) is 12.1 Å². The van der Waals surface area contributed by atoms with Crippen molar-refractivity contribution >= 4 is 5.91 Å². The number of hydrogen-bond acceptors (Lipinski definition) is 3. The SMILES string of the molecule is CC(C)c1c(C(=O)NC[C@@H]2CCCO2)cnn1C(C)(C)C. The molecule has 0 unspecified atom stereocenters. The molecular formula is C16H27N3O2. The van der Waals surface area contributed by atoms with Crippen molar-refractivity contribution in [3.8, 4) is 0 Å². The molecule has 1 saturated heterocycles. The highest BCUT2D eigenvalue weighted by Gasteiger charge is 2.26. The molecule has 5 nitrogen and oxygen atoms in total. The lowest BCUT2D eigenvalue weighted by molar-refractivity contribution is 0.0856. The van der Waals surface area contributed by atoms with Crippen molar-refractivity contribution < 1.29 is 9.53 Å². The van der Waals surface area contributed by atoms with Crippen LogP contribution in [0.2, 0.25) is 0 Å². The van der Waals surface area contributed by atoms with Crippen LogP contribution in [0.3, 0.4) is 0 Å². The van der Waals surface area contributed by atoms with Crippen LogP contribution >= 0.6 is 0 Å². The zero-order valence-electron chi connectivity index (χ0n) is 13.8. The van der Waals surface area contributed by atoms with Gasteiger partial charge in [0.25, 0.3) is 5.91 Å². The van der Waals surface area contributed by atoms with Gasteiger partial charge < -0.3 is 10.1 Å². The molecule has 1 aliphatic rings. The fourth-order valence-electron chi connectivity index (χ4n) is 2.73. The Morgan fingerprint density at radius 1 is 1.52 bits per heavy atom. The molecule has 21 heavy (non-hydrogen) atoms. The first-order valence-corrected chi connectivity index (χ1v) is 7.79. The van der Waals surface area contributed by atoms with Crippen molar-refractivity contribution in [2.24, 2.45) is 0 Å². The Balaban J connectivity index is 2.14. The quantitative estimate of drug-likeness (QED) is 0.928. The molecule has 1 fully saturated rings. The molecule has 1 atom stereocenters. The molecular weight excluding hydrogens is 266 g/mol. The van der Waals surface area contributed by atoms with Gasteiger partial charge in [0.2, 0.25) is 0 Å². The molecule has 0 radical (unpaired) electrons. The molecule has 0 spiro atoms. The number of carbonyl (C=O) groups is 1. The molecule has 118 valence electrons. The highest BCUT2D eigenvalue weighted by atomic mass is 16.5. The van der Waals surface area contributed by atoms with E-state index in [-0.39, 0.29) is 23.5 Å². The van der Waals surface area contributed by atoms with Crippen molar-refractivity contribution in [2.45, 2.75) is 65.0 Å². The van der Waals surface area contributed by atoms with Gasteiger partial charge in [0.1, 0.15) is 0 Å². The average molecular weight is 293 g/mol. The number of ether oxygens (including phenoxy) is 1. The molecule has 2 rings (SSSR count). The van der Waals surface area contributed by atoms with Gasteiger partial charge in [0.15, 0.2) is 0 Å². The van der Waals surface area contributed by atoms with Crippen molar-refractivity contribution in [3.05, 3.63) is 17.5 Å². The van der Waals surface area contributed by atoms with Crippen LogP contribution < -0.4 is 5.32 Å². The van der Waals surface area contributed by atoms with Crippen LogP contribution in [0.15, 0.2) is 6.20 Å². The zero-order chi connectivity index (χ0) is 15.6. The molecule has 0 saturated carbocycles. The monoisotopic (exact) mass is 293 g/mol. The molecule has 1 aliphatic heterocycles. The molecule has 5 heteroatoms. The summed E-state index contributed by atoms with van der Waals surface area (Å²) in [6.45, 7) is 11.9. The van der Waals surface area contributed by atoms with E-state index in [0.717, 1.165) is 25.1 Å². The van der Waals surface area contributed by atoms with E-state index in [1.807, 2.05) is 4.68 Å². The third kappa shape index (κ3) is 3.64. The summed E-state index contributed by atoms with van der Waals surface area (Å²) < 4.78 is 7.50. The van der Waals surface area contributed by atoms with Gasteiger partial charge in [0, 0.05) is 13.2 Å². The van der Waals surface area contributed by atoms with Crippen LogP contribution in [-0.2, 0) is 10.3 Å². The summed E-state index contributed by atoms with van der Waals surface area (Å²) in [7, 11) is 0. The minimum absolute atomic E-state index is 0.0512. The summed E-state index contributed by atoms with van der Waals surface area (Å²) in [5.41, 5.74) is 1.54. The molecule has 0 aromatic carbocycles. The number of aromatic nitrogens is 2. The maximum Gasteiger partial charge on any atom is 0.254 e. The summed E-state index contributed by atoms with van der Waals surface area (Å²) in [6, 6.07) is 0. The van der Waals surface area contributed by atoms with Gasteiger partial charge in [0.05, 0.1) is 29.1 Å². The minimum Gasteiger partial charge on any atom is -0.376 e. The van der Waals surface area contributed by atoms with Gasteiger partial charge in [-0.25, -0.2) is 0 Å². The molecule has 0 bridgehead atoms. The Hall–Kier alpha value is -1.36. The predicted octanol–water partition coefficient (Wildman–Crippen LogP) is 2.67. The highest BCUT2D eigenvalue weighted by Crippen LogP contribution is 2.25. The summed E-state index contributed by atoms with van der Waals surface area (Å²) in [5, 5.41) is 7.42. The molecule has 1 aromatic heterocycles. The molecule has 1 amide bonds. The van der Waals surface area contributed by atoms with Crippen molar-refractivity contribution in [1.29, 1.82) is 0 Å². The number of amides is 1. The Morgan fingerprint density at radius 3 is 2.76 bits per heavy atom. The lowest BCUT2D eigenvalue weighted by Crippen LogP contribution is -2.33. The van der Waals surface area contributed by atoms with Crippen LogP contribution in [-0.4, -0.2) is 34.9 Å². The Kier molecular flexibility index (Phi) is 4.71. The lowest BCUT2D eigenvalue weighted by atomic mass is 10.0. The largest absolute Gasteiger partial charge is 0.376 e. The minimum atomic E-state index is -0.132. The fraction of sp³-hybridized carbons (Fsp3) is 0.750. The summed E-state index contributed by atoms with van der Waals surface area (Å²) >= 11 is 0. The smallest absolute Gasteiger partial charge is 0.254 e. The topological polar surface area (TPSA) is 56.1 Å². The fourth-order valence-corrected chi connectivity index (χ4v) is 2.73. The number of rotatable bonds is 4. The summed E-state index contributed by atoms with van der Waals surface area (Å²) in [6.07, 6.45) is 3.96. The van der Waals surface area contributed by atoms with E-state index in [4.69, 9.17) is 4.74 Å². The third-order valence-corrected chi connectivity index (χ3v) is 3.75. The second kappa shape index (κ2) is 6.18. The Labute approximate surface area is 127 Å². The van der Waals surface area contributed by atoms with Crippen molar-refractivity contribution in [1.82, 2.24) is 15.1 Å². The molecule has 1 N–H and O–H groups in total. The number of hydrogen-bond donors (Lipinski definition) is 1. The van der Waals surface area contributed by atoms with Crippen LogP contribution in [0.1, 0.15) is 69.4 Å². The van der Waals surface area contributed by atoms with Crippen LogP contribution in [0.25, 0.3) is 0 Å². The Morgan fingerprint density at radius 2 is 2.24 bits per heavy atom. The summed E-state index contributed by atoms with van der Waals surface area (Å²) in [5.74, 6) is 0.194. The standard InChI is InChI=1S/C16H27N3O2/c1-11(2)14-13(10-18-19(14)16(3,4)5)15(20)17-9-12-7-6-8-21-12/h10-12H,6-9H2,1-5H3,(H,17,20)/t12-/m0/s1. The second-order valence-corrected chi connectivity index (χ2v) is 7.03. The number of nitrogens with zero attached hydrogens (tertiary/aromatic N) is 2. The average Bonchev–Trinajstić information content (AvgIpc) is 3.03. The number of carbonyl (C=O) groups excluding carboxylic acids is 1. The lowest BCUT2D eigenvalue weighted by Gasteiger charge is -2.24. The molecule has 2 heterocycles. The maximum atomic E-state index is 12.4. The van der Waals surface area contributed by atoms with Gasteiger partial charge in [-0.3, -0.25) is 9.48 Å². The normalized spacial score (nSPS) is 19.2. The predicted molar refractivity (Wildman–Crippen MR) is 82.6 cm³/mol. The van der Waals surface area contributed by atoms with Gasteiger partial charge in [-0.05, 0) is 39.5 Å². The zero-order valence-corrected chi connectivity index (χ0v) is 13.8. The van der Waals surface area contributed by atoms with Crippen molar-refractivity contribution in [2.75, 3.05) is 13.2 Å². The van der Waals surface area contributed by atoms with Crippen LogP contribution in [0.5, 0.6) is 0 Å². The van der Waals surface area contributed by atoms with Gasteiger partial charge in [-0.15, -0.1) is 0 Å². The first-order chi connectivity index (χ1) is 9.80. The number of nitrogens with one attached hydrogen (secondary N) is 1. The van der Waals surface area contributed by atoms with E-state index in [2.05, 4.69) is 45.0 Å². The maximum absolute atomic E-state index is 12.4. The molecule has 0 aliphatic carbocycles. The van der Waals surface area contributed by atoms with Gasteiger partial charge in [-0.2, -0.15) is 5.10 Å². The second-order valence-electron chi connectivity index (χ2n) is 7.03. The third-order valence-electron chi connectivity index (χ3n) is 3.75. The van der Waals surface area contributed by atoms with Crippen LogP contribution in [0.4, 0.5) is 0 Å². The highest BCUT2D eigenvalue weighted by molar-refractivity contribution is 5.95. The van der Waals surface area contributed by atoms with E-state index < -0.39 is 0 Å². The first-order valence-electron chi connectivity index (χ1n) is 7.79. The summed E-state index contributed by atoms with van der Waals surface area (Å²) in [4.78, 5) is 12.4.